The Labute approximate surface area is 368 Å². The highest BCUT2D eigenvalue weighted by Gasteiger charge is 2.51. The van der Waals surface area contributed by atoms with Crippen molar-refractivity contribution in [2.24, 2.45) is 0 Å². The SMILES string of the molecule is Oc1ccc2cc(C3(c4ccc5cc(O)ccc5c4)c4ccccc4-c4cc5c(cc43)-c3ccccc3C5(c3ccc4cc(O)ccc4c3)c3ccc4cc(O)ccc4c3)ccc2c1. The Kier molecular flexibility index (Phi) is 7.43. The number of aromatic hydroxyl groups is 4. The molecule has 0 unspecified atom stereocenters. The van der Waals surface area contributed by atoms with Gasteiger partial charge in [-0.3, -0.25) is 0 Å². The molecule has 0 radical (unpaired) electrons. The number of benzene rings is 11. The standard InChI is InChI=1S/C60H38O4/c61-47-21-13-35-25-43(17-9-39(35)29-47)59(44-18-10-40-30-48(62)22-14-36(40)26-44)55-7-3-1-5-51(55)53-33-58-54(34-57(53)59)52-6-2-4-8-56(52)60(58,45-19-11-41-31-49(63)23-15-37(41)27-45)46-20-12-42-32-50(64)24-16-38(42)28-46/h1-34,61-64H. The molecule has 0 saturated carbocycles. The van der Waals surface area contributed by atoms with Crippen LogP contribution in [-0.2, 0) is 10.8 Å². The summed E-state index contributed by atoms with van der Waals surface area (Å²) in [6.07, 6.45) is 0. The molecule has 2 aliphatic rings. The van der Waals surface area contributed by atoms with Crippen LogP contribution < -0.4 is 0 Å². The fourth-order valence-corrected chi connectivity index (χ4v) is 11.5. The van der Waals surface area contributed by atoms with E-state index in [1.54, 1.807) is 24.3 Å². The van der Waals surface area contributed by atoms with Crippen LogP contribution in [0.5, 0.6) is 23.0 Å². The lowest BCUT2D eigenvalue weighted by Crippen LogP contribution is -2.30. The molecule has 0 aliphatic heterocycles. The van der Waals surface area contributed by atoms with E-state index in [-0.39, 0.29) is 23.0 Å². The maximum absolute atomic E-state index is 10.5. The van der Waals surface area contributed by atoms with Gasteiger partial charge >= 0.3 is 0 Å². The van der Waals surface area contributed by atoms with Gasteiger partial charge in [0.1, 0.15) is 23.0 Å². The Hall–Kier alpha value is -8.34. The van der Waals surface area contributed by atoms with E-state index < -0.39 is 10.8 Å². The van der Waals surface area contributed by atoms with Gasteiger partial charge in [-0.2, -0.15) is 0 Å². The number of phenolic OH excluding ortho intramolecular Hbond substituents is 4. The molecule has 2 aliphatic carbocycles. The molecule has 0 atom stereocenters. The van der Waals surface area contributed by atoms with E-state index in [1.165, 1.54) is 22.3 Å². The highest BCUT2D eigenvalue weighted by molar-refractivity contribution is 5.98. The minimum Gasteiger partial charge on any atom is -0.508 e. The first kappa shape index (κ1) is 36.3. The number of hydrogen-bond donors (Lipinski definition) is 4. The average molecular weight is 823 g/mol. The number of phenols is 4. The zero-order chi connectivity index (χ0) is 42.9. The third-order valence-electron chi connectivity index (χ3n) is 14.2. The number of rotatable bonds is 4. The van der Waals surface area contributed by atoms with Crippen LogP contribution in [0.25, 0.3) is 65.3 Å². The van der Waals surface area contributed by atoms with E-state index in [2.05, 4.69) is 133 Å². The van der Waals surface area contributed by atoms with Crippen molar-refractivity contribution in [3.05, 3.63) is 251 Å². The van der Waals surface area contributed by atoms with Crippen LogP contribution in [0.15, 0.2) is 206 Å². The molecule has 4 heteroatoms. The molecular weight excluding hydrogens is 785 g/mol. The Morgan fingerprint density at radius 3 is 0.797 bits per heavy atom. The van der Waals surface area contributed by atoms with E-state index in [9.17, 15) is 20.4 Å². The van der Waals surface area contributed by atoms with Crippen molar-refractivity contribution in [1.29, 1.82) is 0 Å². The van der Waals surface area contributed by atoms with Gasteiger partial charge in [0.15, 0.2) is 0 Å². The van der Waals surface area contributed by atoms with Crippen molar-refractivity contribution < 1.29 is 20.4 Å². The fraction of sp³-hybridized carbons (Fsp3) is 0.0333. The molecule has 11 aromatic carbocycles. The van der Waals surface area contributed by atoms with Gasteiger partial charge in [0.25, 0.3) is 0 Å². The Morgan fingerprint density at radius 2 is 0.484 bits per heavy atom. The van der Waals surface area contributed by atoms with Crippen molar-refractivity contribution in [1.82, 2.24) is 0 Å². The second-order valence-electron chi connectivity index (χ2n) is 17.5. The Bertz CT molecular complexity index is 3390. The van der Waals surface area contributed by atoms with Crippen LogP contribution in [0.1, 0.15) is 44.5 Å². The lowest BCUT2D eigenvalue weighted by molar-refractivity contribution is 0.475. The van der Waals surface area contributed by atoms with Gasteiger partial charge < -0.3 is 20.4 Å². The summed E-state index contributed by atoms with van der Waals surface area (Å²) in [5.41, 5.74) is 12.3. The lowest BCUT2D eigenvalue weighted by Gasteiger charge is -2.36. The molecule has 0 heterocycles. The van der Waals surface area contributed by atoms with Crippen molar-refractivity contribution in [3.8, 4) is 45.3 Å². The van der Waals surface area contributed by atoms with Crippen molar-refractivity contribution in [2.45, 2.75) is 10.8 Å². The van der Waals surface area contributed by atoms with E-state index in [0.29, 0.717) is 0 Å². The van der Waals surface area contributed by atoms with Crippen molar-refractivity contribution >= 4 is 43.1 Å². The Morgan fingerprint density at radius 1 is 0.219 bits per heavy atom. The van der Waals surface area contributed by atoms with Gasteiger partial charge in [-0.15, -0.1) is 0 Å². The smallest absolute Gasteiger partial charge is 0.116 e. The van der Waals surface area contributed by atoms with Crippen LogP contribution in [0.3, 0.4) is 0 Å². The molecular formula is C60H38O4. The van der Waals surface area contributed by atoms with Gasteiger partial charge in [0, 0.05) is 0 Å². The molecule has 302 valence electrons. The Balaban J connectivity index is 1.17. The molecule has 13 rings (SSSR count). The number of hydrogen-bond acceptors (Lipinski definition) is 4. The van der Waals surface area contributed by atoms with Gasteiger partial charge in [0.2, 0.25) is 0 Å². The first-order chi connectivity index (χ1) is 31.3. The third kappa shape index (κ3) is 4.93. The molecule has 4 N–H and O–H groups in total. The molecule has 0 amide bonds. The summed E-state index contributed by atoms with van der Waals surface area (Å²) < 4.78 is 0. The fourth-order valence-electron chi connectivity index (χ4n) is 11.5. The molecule has 0 aromatic heterocycles. The minimum atomic E-state index is -0.755. The summed E-state index contributed by atoms with van der Waals surface area (Å²) >= 11 is 0. The highest BCUT2D eigenvalue weighted by Crippen LogP contribution is 2.63. The lowest BCUT2D eigenvalue weighted by atomic mass is 9.65. The average Bonchev–Trinajstić information content (AvgIpc) is 3.78. The van der Waals surface area contributed by atoms with Crippen LogP contribution in [0.2, 0.25) is 0 Å². The topological polar surface area (TPSA) is 80.9 Å². The monoisotopic (exact) mass is 822 g/mol. The molecule has 0 saturated heterocycles. The largest absolute Gasteiger partial charge is 0.508 e. The van der Waals surface area contributed by atoms with E-state index in [4.69, 9.17) is 0 Å². The van der Waals surface area contributed by atoms with Crippen LogP contribution in [-0.4, -0.2) is 20.4 Å². The van der Waals surface area contributed by atoms with Crippen LogP contribution in [0, 0.1) is 0 Å². The second kappa shape index (κ2) is 13.1. The predicted octanol–water partition coefficient (Wildman–Crippen LogP) is 13.8. The minimum absolute atomic E-state index is 0.233. The zero-order valence-corrected chi connectivity index (χ0v) is 34.4. The summed E-state index contributed by atoms with van der Waals surface area (Å²) in [7, 11) is 0. The normalized spacial score (nSPS) is 14.1. The van der Waals surface area contributed by atoms with Crippen LogP contribution in [0.4, 0.5) is 0 Å². The van der Waals surface area contributed by atoms with Crippen LogP contribution >= 0.6 is 0 Å². The molecule has 64 heavy (non-hydrogen) atoms. The van der Waals surface area contributed by atoms with Gasteiger partial charge in [-0.1, -0.05) is 121 Å². The van der Waals surface area contributed by atoms with Gasteiger partial charge in [0.05, 0.1) is 10.8 Å². The summed E-state index contributed by atoms with van der Waals surface area (Å²) in [6.45, 7) is 0. The molecule has 0 fully saturated rings. The van der Waals surface area contributed by atoms with Crippen molar-refractivity contribution in [3.63, 3.8) is 0 Å². The van der Waals surface area contributed by atoms with E-state index >= 15 is 0 Å². The third-order valence-corrected chi connectivity index (χ3v) is 14.2. The van der Waals surface area contributed by atoms with E-state index in [1.807, 2.05) is 48.5 Å². The first-order valence-electron chi connectivity index (χ1n) is 21.6. The summed E-state index contributed by atoms with van der Waals surface area (Å²) in [5, 5.41) is 49.9. The number of fused-ring (bicyclic) bond motifs is 10. The summed E-state index contributed by atoms with van der Waals surface area (Å²) in [5.74, 6) is 0.930. The molecule has 4 nitrogen and oxygen atoms in total. The first-order valence-corrected chi connectivity index (χ1v) is 21.6. The maximum Gasteiger partial charge on any atom is 0.116 e. The second-order valence-corrected chi connectivity index (χ2v) is 17.5. The highest BCUT2D eigenvalue weighted by atomic mass is 16.3. The maximum atomic E-state index is 10.5. The molecule has 0 bridgehead atoms. The van der Waals surface area contributed by atoms with Crippen molar-refractivity contribution in [2.75, 3.05) is 0 Å². The zero-order valence-electron chi connectivity index (χ0n) is 34.4. The molecule has 11 aromatic rings. The van der Waals surface area contributed by atoms with Gasteiger partial charge in [-0.05, 0) is 195 Å². The van der Waals surface area contributed by atoms with E-state index in [0.717, 1.165) is 87.6 Å². The predicted molar refractivity (Wildman–Crippen MR) is 258 cm³/mol. The summed E-state index contributed by atoms with van der Waals surface area (Å²) in [4.78, 5) is 0. The van der Waals surface area contributed by atoms with Gasteiger partial charge in [-0.25, -0.2) is 0 Å². The summed E-state index contributed by atoms with van der Waals surface area (Å²) in [6, 6.07) is 71.4. The molecule has 0 spiro atoms. The quantitative estimate of drug-likeness (QED) is 0.143.